The van der Waals surface area contributed by atoms with Gasteiger partial charge in [0.15, 0.2) is 5.01 Å². The van der Waals surface area contributed by atoms with E-state index in [0.29, 0.717) is 10.6 Å². The van der Waals surface area contributed by atoms with Crippen LogP contribution in [0.4, 0.5) is 16.5 Å². The first-order valence-electron chi connectivity index (χ1n) is 7.35. The van der Waals surface area contributed by atoms with Crippen LogP contribution >= 0.6 is 11.3 Å². The van der Waals surface area contributed by atoms with E-state index in [1.54, 1.807) is 24.5 Å². The first-order chi connectivity index (χ1) is 12.9. The van der Waals surface area contributed by atoms with Crippen LogP contribution in [0.2, 0.25) is 0 Å². The molecule has 1 aromatic carbocycles. The molecule has 0 spiro atoms. The van der Waals surface area contributed by atoms with Gasteiger partial charge in [0.2, 0.25) is 5.13 Å². The lowest BCUT2D eigenvalue weighted by Crippen LogP contribution is -2.13. The number of amides is 1. The molecule has 3 aromatic rings. The van der Waals surface area contributed by atoms with E-state index >= 15 is 0 Å². The molecule has 0 saturated heterocycles. The molecule has 2 heterocycles. The van der Waals surface area contributed by atoms with Crippen LogP contribution in [-0.2, 0) is 0 Å². The van der Waals surface area contributed by atoms with Gasteiger partial charge in [0, 0.05) is 30.1 Å². The Bertz CT molecular complexity index is 1020. The molecule has 1 N–H and O–H groups in total. The molecule has 0 radical (unpaired) electrons. The lowest BCUT2D eigenvalue weighted by atomic mass is 10.1. The molecule has 27 heavy (non-hydrogen) atoms. The van der Waals surface area contributed by atoms with Gasteiger partial charge < -0.3 is 0 Å². The molecule has 0 aliphatic carbocycles. The highest BCUT2D eigenvalue weighted by molar-refractivity contribution is 7.18. The summed E-state index contributed by atoms with van der Waals surface area (Å²) in [6.45, 7) is 1.25. The van der Waals surface area contributed by atoms with Crippen molar-refractivity contribution in [3.05, 3.63) is 68.0 Å². The Labute approximate surface area is 155 Å². The van der Waals surface area contributed by atoms with Gasteiger partial charge in [0.25, 0.3) is 17.3 Å². The third-order valence-corrected chi connectivity index (χ3v) is 4.45. The summed E-state index contributed by atoms with van der Waals surface area (Å²) < 4.78 is 0. The van der Waals surface area contributed by atoms with Crippen molar-refractivity contribution >= 4 is 33.8 Å². The molecule has 11 nitrogen and oxygen atoms in total. The number of carbonyl (C=O) groups is 1. The van der Waals surface area contributed by atoms with E-state index in [9.17, 15) is 25.0 Å². The number of nitrogens with zero attached hydrogens (tertiary/aromatic N) is 5. The predicted octanol–water partition coefficient (Wildman–Crippen LogP) is 2.98. The van der Waals surface area contributed by atoms with Gasteiger partial charge in [-0.2, -0.15) is 0 Å². The second-order valence-electron chi connectivity index (χ2n) is 5.26. The van der Waals surface area contributed by atoms with E-state index in [4.69, 9.17) is 0 Å². The maximum Gasteiger partial charge on any atom is 0.279 e. The van der Waals surface area contributed by atoms with Crippen LogP contribution in [0.15, 0.2) is 36.7 Å². The van der Waals surface area contributed by atoms with Crippen molar-refractivity contribution in [3.8, 4) is 10.6 Å². The second kappa shape index (κ2) is 7.21. The van der Waals surface area contributed by atoms with Crippen LogP contribution in [0.25, 0.3) is 10.6 Å². The number of aromatic nitrogens is 3. The highest BCUT2D eigenvalue weighted by Crippen LogP contribution is 2.30. The van der Waals surface area contributed by atoms with E-state index in [1.807, 2.05) is 0 Å². The number of rotatable bonds is 5. The zero-order valence-corrected chi connectivity index (χ0v) is 14.5. The highest BCUT2D eigenvalue weighted by Gasteiger charge is 2.25. The molecule has 0 unspecified atom stereocenters. The van der Waals surface area contributed by atoms with E-state index in [1.165, 1.54) is 6.92 Å². The standard InChI is InChI=1S/C15H10N6O5S/c1-8-11(20(23)24)5-10(6-12(8)21(25)26)13(22)17-15-19-18-14(27-15)9-3-2-4-16-7-9/h2-7H,1H3,(H,17,19,22). The van der Waals surface area contributed by atoms with Crippen molar-refractivity contribution in [3.63, 3.8) is 0 Å². The molecule has 0 bridgehead atoms. The van der Waals surface area contributed by atoms with E-state index < -0.39 is 27.1 Å². The van der Waals surface area contributed by atoms with Gasteiger partial charge >= 0.3 is 0 Å². The lowest BCUT2D eigenvalue weighted by Gasteiger charge is -2.04. The number of carbonyl (C=O) groups excluding carboxylic acids is 1. The number of anilines is 1. The van der Waals surface area contributed by atoms with Crippen molar-refractivity contribution < 1.29 is 14.6 Å². The summed E-state index contributed by atoms with van der Waals surface area (Å²) in [6, 6.07) is 5.47. The Morgan fingerprint density at radius 3 is 2.37 bits per heavy atom. The highest BCUT2D eigenvalue weighted by atomic mass is 32.1. The minimum absolute atomic E-state index is 0.128. The van der Waals surface area contributed by atoms with Crippen LogP contribution < -0.4 is 5.32 Å². The summed E-state index contributed by atoms with van der Waals surface area (Å²) in [7, 11) is 0. The van der Waals surface area contributed by atoms with Gasteiger partial charge in [-0.25, -0.2) is 0 Å². The summed E-state index contributed by atoms with van der Waals surface area (Å²) in [5.41, 5.74) is -0.670. The van der Waals surface area contributed by atoms with E-state index in [2.05, 4.69) is 20.5 Å². The average molecular weight is 386 g/mol. The van der Waals surface area contributed by atoms with E-state index in [-0.39, 0.29) is 16.3 Å². The van der Waals surface area contributed by atoms with Gasteiger partial charge in [0.05, 0.1) is 15.4 Å². The van der Waals surface area contributed by atoms with Crippen LogP contribution in [0.1, 0.15) is 15.9 Å². The van der Waals surface area contributed by atoms with E-state index in [0.717, 1.165) is 23.5 Å². The number of nitro groups is 2. The molecule has 12 heteroatoms. The summed E-state index contributed by atoms with van der Waals surface area (Å²) in [6.07, 6.45) is 3.18. The first-order valence-corrected chi connectivity index (χ1v) is 8.17. The van der Waals surface area contributed by atoms with Crippen LogP contribution in [0.5, 0.6) is 0 Å². The monoisotopic (exact) mass is 386 g/mol. The normalized spacial score (nSPS) is 10.4. The fourth-order valence-electron chi connectivity index (χ4n) is 2.24. The third kappa shape index (κ3) is 3.74. The largest absolute Gasteiger partial charge is 0.296 e. The quantitative estimate of drug-likeness (QED) is 0.518. The van der Waals surface area contributed by atoms with Crippen LogP contribution in [-0.4, -0.2) is 30.9 Å². The number of benzene rings is 1. The fourth-order valence-corrected chi connectivity index (χ4v) is 2.97. The first kappa shape index (κ1) is 18.0. The predicted molar refractivity (Wildman–Crippen MR) is 95.6 cm³/mol. The summed E-state index contributed by atoms with van der Waals surface area (Å²) in [4.78, 5) is 37.0. The van der Waals surface area contributed by atoms with Crippen LogP contribution in [0.3, 0.4) is 0 Å². The van der Waals surface area contributed by atoms with Gasteiger partial charge in [-0.15, -0.1) is 10.2 Å². The molecule has 2 aromatic heterocycles. The number of hydrogen-bond donors (Lipinski definition) is 1. The molecule has 0 aliphatic heterocycles. The Balaban J connectivity index is 1.90. The Morgan fingerprint density at radius 2 is 1.81 bits per heavy atom. The van der Waals surface area contributed by atoms with Gasteiger partial charge in [0.1, 0.15) is 5.56 Å². The van der Waals surface area contributed by atoms with Crippen molar-refractivity contribution in [2.24, 2.45) is 0 Å². The van der Waals surface area contributed by atoms with Gasteiger partial charge in [-0.3, -0.25) is 35.3 Å². The lowest BCUT2D eigenvalue weighted by molar-refractivity contribution is -0.395. The molecule has 0 fully saturated rings. The zero-order valence-electron chi connectivity index (χ0n) is 13.6. The minimum atomic E-state index is -0.773. The SMILES string of the molecule is Cc1c([N+](=O)[O-])cc(C(=O)Nc2nnc(-c3cccnc3)s2)cc1[N+](=O)[O-]. The third-order valence-electron chi connectivity index (χ3n) is 3.56. The van der Waals surface area contributed by atoms with Crippen molar-refractivity contribution in [1.82, 2.24) is 15.2 Å². The minimum Gasteiger partial charge on any atom is -0.296 e. The topological polar surface area (TPSA) is 154 Å². The summed E-state index contributed by atoms with van der Waals surface area (Å²) in [5.74, 6) is -0.768. The Morgan fingerprint density at radius 1 is 1.15 bits per heavy atom. The molecular formula is C15H10N6O5S. The molecule has 0 saturated carbocycles. The molecule has 0 aliphatic rings. The Hall–Kier alpha value is -3.80. The van der Waals surface area contributed by atoms with Gasteiger partial charge in [-0.1, -0.05) is 11.3 Å². The average Bonchev–Trinajstić information content (AvgIpc) is 3.10. The number of hydrogen-bond acceptors (Lipinski definition) is 9. The van der Waals surface area contributed by atoms with Gasteiger partial charge in [-0.05, 0) is 19.1 Å². The number of pyridine rings is 1. The molecular weight excluding hydrogens is 376 g/mol. The number of nitrogens with one attached hydrogen (secondary N) is 1. The fraction of sp³-hybridized carbons (Fsp3) is 0.0667. The zero-order chi connectivity index (χ0) is 19.6. The number of nitro benzene ring substituents is 2. The van der Waals surface area contributed by atoms with Crippen LogP contribution in [0, 0.1) is 27.2 Å². The second-order valence-corrected chi connectivity index (χ2v) is 6.24. The van der Waals surface area contributed by atoms with Crippen molar-refractivity contribution in [2.45, 2.75) is 6.92 Å². The molecule has 3 rings (SSSR count). The molecule has 136 valence electrons. The van der Waals surface area contributed by atoms with Crippen molar-refractivity contribution in [2.75, 3.05) is 5.32 Å². The maximum atomic E-state index is 12.4. The van der Waals surface area contributed by atoms with Crippen molar-refractivity contribution in [1.29, 1.82) is 0 Å². The molecule has 1 amide bonds. The maximum absolute atomic E-state index is 12.4. The summed E-state index contributed by atoms with van der Waals surface area (Å²) in [5, 5.41) is 33.1. The molecule has 0 atom stereocenters. The summed E-state index contributed by atoms with van der Waals surface area (Å²) >= 11 is 1.07. The Kier molecular flexibility index (Phi) is 4.81. The smallest absolute Gasteiger partial charge is 0.279 e.